The van der Waals surface area contributed by atoms with Gasteiger partial charge in [-0.25, -0.2) is 13.1 Å². The lowest BCUT2D eigenvalue weighted by Crippen LogP contribution is -2.50. The predicted molar refractivity (Wildman–Crippen MR) is 147 cm³/mol. The van der Waals surface area contributed by atoms with Crippen molar-refractivity contribution in [3.05, 3.63) is 11.6 Å². The van der Waals surface area contributed by atoms with Crippen molar-refractivity contribution in [3.63, 3.8) is 0 Å². The maximum Gasteiger partial charge on any atom is 0.222 e. The van der Waals surface area contributed by atoms with Gasteiger partial charge in [-0.05, 0) is 111 Å². The van der Waals surface area contributed by atoms with Gasteiger partial charge in [0.25, 0.3) is 0 Å². The molecule has 0 aromatic rings. The normalized spacial score (nSPS) is 41.4. The number of amides is 1. The SMILES string of the molecule is C[C@H](CCC(=O)N1CCC(NS(C)(=O)=O)CC1)[C@H]1CC[C@H]2[C@@H]3CC=C4C[C@@H](O)CC[C@]4(C)[C@H]3CC[C@]12C. The third-order valence-corrected chi connectivity index (χ3v) is 12.6. The molecule has 0 spiro atoms. The topological polar surface area (TPSA) is 86.7 Å². The number of likely N-dealkylation sites (tertiary alicyclic amines) is 1. The monoisotopic (exact) mass is 534 g/mol. The van der Waals surface area contributed by atoms with Gasteiger partial charge in [-0.2, -0.15) is 0 Å². The van der Waals surface area contributed by atoms with Crippen molar-refractivity contribution in [3.8, 4) is 0 Å². The maximum atomic E-state index is 13.0. The summed E-state index contributed by atoms with van der Waals surface area (Å²) in [6.07, 6.45) is 16.0. The van der Waals surface area contributed by atoms with Gasteiger partial charge in [0.1, 0.15) is 0 Å². The minimum Gasteiger partial charge on any atom is -0.393 e. The van der Waals surface area contributed by atoms with Crippen LogP contribution in [-0.4, -0.2) is 55.8 Å². The van der Waals surface area contributed by atoms with Crippen LogP contribution in [0.15, 0.2) is 11.6 Å². The highest BCUT2D eigenvalue weighted by Crippen LogP contribution is 2.67. The van der Waals surface area contributed by atoms with Gasteiger partial charge in [-0.3, -0.25) is 4.79 Å². The first-order chi connectivity index (χ1) is 17.4. The molecule has 0 bridgehead atoms. The number of aliphatic hydroxyl groups excluding tert-OH is 1. The van der Waals surface area contributed by atoms with Crippen molar-refractivity contribution in [1.29, 1.82) is 0 Å². The molecule has 0 aromatic carbocycles. The number of hydrogen-bond donors (Lipinski definition) is 2. The molecule has 0 aromatic heterocycles. The molecule has 8 atom stereocenters. The third kappa shape index (κ3) is 5.30. The number of carbonyl (C=O) groups is 1. The molecule has 2 N–H and O–H groups in total. The van der Waals surface area contributed by atoms with Crippen molar-refractivity contribution in [2.45, 2.75) is 110 Å². The summed E-state index contributed by atoms with van der Waals surface area (Å²) < 4.78 is 25.7. The van der Waals surface area contributed by atoms with E-state index in [4.69, 9.17) is 0 Å². The van der Waals surface area contributed by atoms with Crippen molar-refractivity contribution < 1.29 is 18.3 Å². The van der Waals surface area contributed by atoms with Crippen molar-refractivity contribution in [2.24, 2.45) is 40.4 Å². The summed E-state index contributed by atoms with van der Waals surface area (Å²) in [6.45, 7) is 8.78. The molecule has 1 heterocycles. The molecule has 1 amide bonds. The van der Waals surface area contributed by atoms with E-state index in [9.17, 15) is 18.3 Å². The van der Waals surface area contributed by atoms with Crippen LogP contribution in [0.3, 0.4) is 0 Å². The second-order valence-electron chi connectivity index (χ2n) is 13.9. The fourth-order valence-electron chi connectivity index (χ4n) is 9.88. The Bertz CT molecular complexity index is 1000. The molecule has 5 rings (SSSR count). The van der Waals surface area contributed by atoms with Crippen LogP contribution in [0.4, 0.5) is 0 Å². The number of aliphatic hydroxyl groups is 1. The van der Waals surface area contributed by atoms with E-state index in [1.165, 1.54) is 38.4 Å². The van der Waals surface area contributed by atoms with E-state index in [0.29, 0.717) is 55.0 Å². The van der Waals surface area contributed by atoms with E-state index in [-0.39, 0.29) is 18.1 Å². The van der Waals surface area contributed by atoms with E-state index in [1.54, 1.807) is 5.57 Å². The predicted octanol–water partition coefficient (Wildman–Crippen LogP) is 4.88. The smallest absolute Gasteiger partial charge is 0.222 e. The summed E-state index contributed by atoms with van der Waals surface area (Å²) in [7, 11) is -3.19. The molecule has 210 valence electrons. The number of hydrogen-bond acceptors (Lipinski definition) is 4. The molecular formula is C30H50N2O4S. The van der Waals surface area contributed by atoms with Crippen LogP contribution in [0, 0.1) is 40.4 Å². The van der Waals surface area contributed by atoms with Gasteiger partial charge in [0.15, 0.2) is 0 Å². The van der Waals surface area contributed by atoms with Crippen molar-refractivity contribution >= 4 is 15.9 Å². The molecule has 7 heteroatoms. The van der Waals surface area contributed by atoms with Gasteiger partial charge in [0, 0.05) is 25.6 Å². The first-order valence-electron chi connectivity index (χ1n) is 15.0. The molecular weight excluding hydrogens is 484 g/mol. The first-order valence-corrected chi connectivity index (χ1v) is 16.9. The molecule has 1 saturated heterocycles. The lowest BCUT2D eigenvalue weighted by molar-refractivity contribution is -0.132. The summed E-state index contributed by atoms with van der Waals surface area (Å²) in [5, 5.41) is 10.3. The van der Waals surface area contributed by atoms with Gasteiger partial charge in [-0.1, -0.05) is 32.4 Å². The Balaban J connectivity index is 1.16. The number of nitrogens with zero attached hydrogens (tertiary/aromatic N) is 1. The molecule has 1 aliphatic heterocycles. The van der Waals surface area contributed by atoms with E-state index in [0.717, 1.165) is 43.4 Å². The number of carbonyl (C=O) groups excluding carboxylic acids is 1. The summed E-state index contributed by atoms with van der Waals surface area (Å²) in [6, 6.07) is -0.0462. The molecule has 37 heavy (non-hydrogen) atoms. The number of nitrogens with one attached hydrogen (secondary N) is 1. The van der Waals surface area contributed by atoms with Crippen LogP contribution in [0.2, 0.25) is 0 Å². The van der Waals surface area contributed by atoms with E-state index in [2.05, 4.69) is 31.6 Å². The Kier molecular flexibility index (Phi) is 7.65. The molecule has 4 aliphatic carbocycles. The fourth-order valence-corrected chi connectivity index (χ4v) is 10.7. The molecule has 0 radical (unpaired) electrons. The Morgan fingerprint density at radius 1 is 1.11 bits per heavy atom. The zero-order valence-corrected chi connectivity index (χ0v) is 24.4. The lowest BCUT2D eigenvalue weighted by Gasteiger charge is -2.58. The number of piperidine rings is 1. The summed E-state index contributed by atoms with van der Waals surface area (Å²) >= 11 is 0. The van der Waals surface area contributed by atoms with Crippen LogP contribution in [0.25, 0.3) is 0 Å². The molecule has 0 unspecified atom stereocenters. The van der Waals surface area contributed by atoms with Crippen molar-refractivity contribution in [1.82, 2.24) is 9.62 Å². The summed E-state index contributed by atoms with van der Waals surface area (Å²) in [5.74, 6) is 3.83. The second-order valence-corrected chi connectivity index (χ2v) is 15.7. The third-order valence-electron chi connectivity index (χ3n) is 11.9. The van der Waals surface area contributed by atoms with Gasteiger partial charge in [0.05, 0.1) is 12.4 Å². The minimum absolute atomic E-state index is 0.0462. The standard InChI is InChI=1S/C30H50N2O4S/c1-20(5-10-28(34)32-17-13-22(14-18-32)31-37(4,35)36)25-8-9-26-24-7-6-21-19-23(33)11-15-29(21,2)27(24)12-16-30(25,26)3/h6,20,22-27,31,33H,5,7-19H2,1-4H3/t20-,23+,24+,25-,26+,27+,29+,30-/m1/s1. The Hall–Kier alpha value is -0.920. The van der Waals surface area contributed by atoms with Gasteiger partial charge >= 0.3 is 0 Å². The molecule has 6 nitrogen and oxygen atoms in total. The number of allylic oxidation sites excluding steroid dienone is 1. The number of fused-ring (bicyclic) bond motifs is 5. The largest absolute Gasteiger partial charge is 0.393 e. The second kappa shape index (κ2) is 10.2. The Morgan fingerprint density at radius 2 is 1.84 bits per heavy atom. The van der Waals surface area contributed by atoms with E-state index in [1.807, 2.05) is 4.90 Å². The van der Waals surface area contributed by atoms with Crippen LogP contribution in [0.5, 0.6) is 0 Å². The lowest BCUT2D eigenvalue weighted by atomic mass is 9.47. The fraction of sp³-hybridized carbons (Fsp3) is 0.900. The highest BCUT2D eigenvalue weighted by molar-refractivity contribution is 7.88. The van der Waals surface area contributed by atoms with Crippen LogP contribution >= 0.6 is 0 Å². The Labute approximate surface area is 225 Å². The molecule has 5 aliphatic rings. The molecule has 3 saturated carbocycles. The van der Waals surface area contributed by atoms with Gasteiger partial charge < -0.3 is 10.0 Å². The average molecular weight is 535 g/mol. The van der Waals surface area contributed by atoms with Gasteiger partial charge in [-0.15, -0.1) is 0 Å². The average Bonchev–Trinajstić information content (AvgIpc) is 3.19. The number of sulfonamides is 1. The minimum atomic E-state index is -3.19. The maximum absolute atomic E-state index is 13.0. The van der Waals surface area contributed by atoms with E-state index < -0.39 is 10.0 Å². The van der Waals surface area contributed by atoms with Crippen LogP contribution in [0.1, 0.15) is 97.8 Å². The zero-order chi connectivity index (χ0) is 26.6. The van der Waals surface area contributed by atoms with Crippen molar-refractivity contribution in [2.75, 3.05) is 19.3 Å². The molecule has 4 fully saturated rings. The first kappa shape index (κ1) is 27.6. The highest BCUT2D eigenvalue weighted by Gasteiger charge is 2.59. The quantitative estimate of drug-likeness (QED) is 0.476. The summed E-state index contributed by atoms with van der Waals surface area (Å²) in [4.78, 5) is 15.0. The summed E-state index contributed by atoms with van der Waals surface area (Å²) in [5.41, 5.74) is 2.23. The highest BCUT2D eigenvalue weighted by atomic mass is 32.2. The number of rotatable bonds is 6. The van der Waals surface area contributed by atoms with Crippen LogP contribution in [-0.2, 0) is 14.8 Å². The zero-order valence-electron chi connectivity index (χ0n) is 23.5. The van der Waals surface area contributed by atoms with Gasteiger partial charge in [0.2, 0.25) is 15.9 Å². The van der Waals surface area contributed by atoms with Crippen LogP contribution < -0.4 is 4.72 Å². The Morgan fingerprint density at radius 3 is 2.54 bits per heavy atom. The van der Waals surface area contributed by atoms with E-state index >= 15 is 0 Å².